The van der Waals surface area contributed by atoms with Crippen LogP contribution in [-0.4, -0.2) is 11.5 Å². The summed E-state index contributed by atoms with van der Waals surface area (Å²) in [5.41, 5.74) is -0.776. The van der Waals surface area contributed by atoms with Crippen LogP contribution in [0.3, 0.4) is 0 Å². The molecule has 0 bridgehead atoms. The fourth-order valence-electron chi connectivity index (χ4n) is 1.65. The van der Waals surface area contributed by atoms with Gasteiger partial charge in [-0.2, -0.15) is 0 Å². The van der Waals surface area contributed by atoms with Crippen molar-refractivity contribution in [3.05, 3.63) is 23.8 Å². The largest absolute Gasteiger partial charge is 0.482 e. The first-order valence-electron chi connectivity index (χ1n) is 4.85. The molecule has 0 atom stereocenters. The molecule has 3 nitrogen and oxygen atoms in total. The number of anilines is 1. The van der Waals surface area contributed by atoms with Gasteiger partial charge < -0.3 is 10.1 Å². The molecule has 0 radical (unpaired) electrons. The van der Waals surface area contributed by atoms with E-state index in [1.807, 2.05) is 0 Å². The number of hydrogen-bond donors (Lipinski definition) is 1. The van der Waals surface area contributed by atoms with Crippen molar-refractivity contribution in [3.63, 3.8) is 0 Å². The van der Waals surface area contributed by atoms with Gasteiger partial charge in [0.1, 0.15) is 11.4 Å². The predicted octanol–water partition coefficient (Wildman–Crippen LogP) is 2.46. The molecule has 0 saturated carbocycles. The van der Waals surface area contributed by atoms with E-state index in [2.05, 4.69) is 5.32 Å². The molecule has 1 N–H and O–H groups in total. The number of ether oxygens (including phenoxy) is 1. The Labute approximate surface area is 91.4 Å². The SMILES string of the molecule is CC1(C)CC(=O)Nc2cc(F)cc(F)c2O1. The number of amides is 1. The van der Waals surface area contributed by atoms with Crippen LogP contribution in [0.15, 0.2) is 12.1 Å². The van der Waals surface area contributed by atoms with Crippen LogP contribution in [0, 0.1) is 11.6 Å². The zero-order valence-corrected chi connectivity index (χ0v) is 8.93. The molecule has 2 rings (SSSR count). The van der Waals surface area contributed by atoms with E-state index in [0.29, 0.717) is 0 Å². The molecule has 1 amide bonds. The third-order valence-corrected chi connectivity index (χ3v) is 2.25. The van der Waals surface area contributed by atoms with Crippen LogP contribution in [0.4, 0.5) is 14.5 Å². The Morgan fingerprint density at radius 3 is 2.75 bits per heavy atom. The van der Waals surface area contributed by atoms with Crippen LogP contribution >= 0.6 is 0 Å². The van der Waals surface area contributed by atoms with Crippen molar-refractivity contribution in [2.45, 2.75) is 25.9 Å². The van der Waals surface area contributed by atoms with Gasteiger partial charge in [0.15, 0.2) is 11.6 Å². The molecule has 0 aliphatic carbocycles. The number of benzene rings is 1. The quantitative estimate of drug-likeness (QED) is 0.739. The number of rotatable bonds is 0. The summed E-state index contributed by atoms with van der Waals surface area (Å²) in [7, 11) is 0. The molecule has 1 aliphatic heterocycles. The molecule has 16 heavy (non-hydrogen) atoms. The third-order valence-electron chi connectivity index (χ3n) is 2.25. The smallest absolute Gasteiger partial charge is 0.228 e. The predicted molar refractivity (Wildman–Crippen MR) is 54.3 cm³/mol. The second kappa shape index (κ2) is 3.43. The van der Waals surface area contributed by atoms with Crippen LogP contribution in [0.5, 0.6) is 5.75 Å². The van der Waals surface area contributed by atoms with Gasteiger partial charge in [0.05, 0.1) is 12.1 Å². The molecule has 1 aromatic rings. The van der Waals surface area contributed by atoms with E-state index >= 15 is 0 Å². The molecule has 0 saturated heterocycles. The summed E-state index contributed by atoms with van der Waals surface area (Å²) in [5, 5.41) is 2.42. The molecule has 0 aromatic heterocycles. The lowest BCUT2D eigenvalue weighted by molar-refractivity contribution is -0.118. The lowest BCUT2D eigenvalue weighted by atomic mass is 10.1. The molecule has 1 aliphatic rings. The average Bonchev–Trinajstić information content (AvgIpc) is 2.19. The Morgan fingerprint density at radius 1 is 1.38 bits per heavy atom. The highest BCUT2D eigenvalue weighted by Crippen LogP contribution is 2.35. The fraction of sp³-hybridized carbons (Fsp3) is 0.364. The Bertz CT molecular complexity index is 458. The minimum absolute atomic E-state index is 0.0353. The first-order chi connectivity index (χ1) is 7.37. The topological polar surface area (TPSA) is 38.3 Å². The number of carbonyl (C=O) groups excluding carboxylic acids is 1. The molecule has 0 spiro atoms. The van der Waals surface area contributed by atoms with Crippen molar-refractivity contribution in [2.24, 2.45) is 0 Å². The van der Waals surface area contributed by atoms with Gasteiger partial charge in [-0.15, -0.1) is 0 Å². The van der Waals surface area contributed by atoms with Crippen LogP contribution < -0.4 is 10.1 Å². The summed E-state index contributed by atoms with van der Waals surface area (Å²) in [6.07, 6.45) is 0.0861. The van der Waals surface area contributed by atoms with Crippen LogP contribution in [0.25, 0.3) is 0 Å². The van der Waals surface area contributed by atoms with Crippen molar-refractivity contribution in [3.8, 4) is 5.75 Å². The molecule has 0 unspecified atom stereocenters. The number of fused-ring (bicyclic) bond motifs is 1. The molecule has 1 heterocycles. The zero-order chi connectivity index (χ0) is 11.9. The van der Waals surface area contributed by atoms with Crippen molar-refractivity contribution in [2.75, 3.05) is 5.32 Å². The lowest BCUT2D eigenvalue weighted by Gasteiger charge is -2.23. The van der Waals surface area contributed by atoms with Gasteiger partial charge in [-0.05, 0) is 13.8 Å². The number of hydrogen-bond acceptors (Lipinski definition) is 2. The third kappa shape index (κ3) is 1.98. The summed E-state index contributed by atoms with van der Waals surface area (Å²) in [6.45, 7) is 3.34. The number of halogens is 2. The minimum Gasteiger partial charge on any atom is -0.482 e. The maximum atomic E-state index is 13.5. The Hall–Kier alpha value is -1.65. The zero-order valence-electron chi connectivity index (χ0n) is 8.93. The highest BCUT2D eigenvalue weighted by Gasteiger charge is 2.31. The van der Waals surface area contributed by atoms with Crippen LogP contribution in [-0.2, 0) is 4.79 Å². The summed E-state index contributed by atoms with van der Waals surface area (Å²) < 4.78 is 31.8. The lowest BCUT2D eigenvalue weighted by Crippen LogP contribution is -2.31. The molecule has 86 valence electrons. The van der Waals surface area contributed by atoms with Crippen LogP contribution in [0.1, 0.15) is 20.3 Å². The number of carbonyl (C=O) groups is 1. The highest BCUT2D eigenvalue weighted by molar-refractivity contribution is 5.93. The first kappa shape index (κ1) is 10.9. The van der Waals surface area contributed by atoms with Gasteiger partial charge in [-0.3, -0.25) is 4.79 Å². The second-order valence-electron chi connectivity index (χ2n) is 4.35. The number of nitrogens with one attached hydrogen (secondary N) is 1. The van der Waals surface area contributed by atoms with Crippen molar-refractivity contribution >= 4 is 11.6 Å². The van der Waals surface area contributed by atoms with E-state index in [9.17, 15) is 13.6 Å². The Morgan fingerprint density at radius 2 is 2.06 bits per heavy atom. The summed E-state index contributed by atoms with van der Waals surface area (Å²) in [5.74, 6) is -2.00. The fourth-order valence-corrected chi connectivity index (χ4v) is 1.65. The normalized spacial score (nSPS) is 18.1. The van der Waals surface area contributed by atoms with Gasteiger partial charge in [-0.1, -0.05) is 0 Å². The molecular weight excluding hydrogens is 216 g/mol. The second-order valence-corrected chi connectivity index (χ2v) is 4.35. The van der Waals surface area contributed by atoms with E-state index in [1.165, 1.54) is 0 Å². The van der Waals surface area contributed by atoms with E-state index in [1.54, 1.807) is 13.8 Å². The first-order valence-corrected chi connectivity index (χ1v) is 4.85. The monoisotopic (exact) mass is 227 g/mol. The van der Waals surface area contributed by atoms with Gasteiger partial charge >= 0.3 is 0 Å². The molecule has 1 aromatic carbocycles. The minimum atomic E-state index is -0.815. The van der Waals surface area contributed by atoms with E-state index in [0.717, 1.165) is 12.1 Å². The molecule has 5 heteroatoms. The van der Waals surface area contributed by atoms with Gasteiger partial charge in [0, 0.05) is 12.1 Å². The van der Waals surface area contributed by atoms with E-state index in [4.69, 9.17) is 4.74 Å². The van der Waals surface area contributed by atoms with Gasteiger partial charge in [-0.25, -0.2) is 8.78 Å². The van der Waals surface area contributed by atoms with Crippen molar-refractivity contribution in [1.29, 1.82) is 0 Å². The van der Waals surface area contributed by atoms with E-state index in [-0.39, 0.29) is 23.8 Å². The van der Waals surface area contributed by atoms with Crippen molar-refractivity contribution < 1.29 is 18.3 Å². The maximum Gasteiger partial charge on any atom is 0.228 e. The summed E-state index contributed by atoms with van der Waals surface area (Å²) in [4.78, 5) is 11.4. The Balaban J connectivity index is 2.54. The summed E-state index contributed by atoms with van der Waals surface area (Å²) in [6, 6.07) is 1.77. The Kier molecular flexibility index (Phi) is 2.33. The average molecular weight is 227 g/mol. The van der Waals surface area contributed by atoms with Crippen LogP contribution in [0.2, 0.25) is 0 Å². The molecular formula is C11H11F2NO2. The standard InChI is InChI=1S/C11H11F2NO2/c1-11(2)5-9(15)14-8-4-6(12)3-7(13)10(8)16-11/h3-4H,5H2,1-2H3,(H,14,15). The molecule has 0 fully saturated rings. The van der Waals surface area contributed by atoms with Gasteiger partial charge in [0.25, 0.3) is 0 Å². The summed E-state index contributed by atoms with van der Waals surface area (Å²) >= 11 is 0. The van der Waals surface area contributed by atoms with Gasteiger partial charge in [0.2, 0.25) is 5.91 Å². The highest BCUT2D eigenvalue weighted by atomic mass is 19.1. The van der Waals surface area contributed by atoms with E-state index < -0.39 is 17.2 Å². The van der Waals surface area contributed by atoms with Crippen molar-refractivity contribution in [1.82, 2.24) is 0 Å². The maximum absolute atomic E-state index is 13.5.